The molecule has 0 saturated heterocycles. The molecular weight excluding hydrogens is 296 g/mol. The van der Waals surface area contributed by atoms with Gasteiger partial charge in [0, 0.05) is 13.2 Å². The van der Waals surface area contributed by atoms with Gasteiger partial charge in [0.15, 0.2) is 0 Å². The minimum atomic E-state index is -0.625. The predicted molar refractivity (Wildman–Crippen MR) is 91.2 cm³/mol. The molecule has 0 aromatic heterocycles. The molecular formula is C18H36O5. The van der Waals surface area contributed by atoms with Crippen LogP contribution in [0.5, 0.6) is 0 Å². The third kappa shape index (κ3) is 14.7. The van der Waals surface area contributed by atoms with Gasteiger partial charge in [-0.2, -0.15) is 0 Å². The summed E-state index contributed by atoms with van der Waals surface area (Å²) in [5.74, 6) is 0. The number of aliphatic hydroxyl groups is 3. The highest BCUT2D eigenvalue weighted by atomic mass is 16.5. The maximum absolute atomic E-state index is 10.9. The van der Waals surface area contributed by atoms with E-state index in [1.165, 1.54) is 0 Å². The summed E-state index contributed by atoms with van der Waals surface area (Å²) in [4.78, 5) is 10.1. The Labute approximate surface area is 141 Å². The van der Waals surface area contributed by atoms with Crippen molar-refractivity contribution in [3.63, 3.8) is 0 Å². The van der Waals surface area contributed by atoms with Crippen LogP contribution in [0.25, 0.3) is 0 Å². The summed E-state index contributed by atoms with van der Waals surface area (Å²) in [6.07, 6.45) is 11.7. The van der Waals surface area contributed by atoms with Crippen molar-refractivity contribution in [2.24, 2.45) is 0 Å². The van der Waals surface area contributed by atoms with E-state index in [1.807, 2.05) is 0 Å². The molecule has 0 fully saturated rings. The average Bonchev–Trinajstić information content (AvgIpc) is 2.54. The van der Waals surface area contributed by atoms with Crippen LogP contribution >= 0.6 is 0 Å². The van der Waals surface area contributed by atoms with Crippen LogP contribution in [0.1, 0.15) is 83.5 Å². The monoisotopic (exact) mass is 332 g/mol. The number of ether oxygens (including phenoxy) is 1. The maximum atomic E-state index is 10.9. The third-order valence-electron chi connectivity index (χ3n) is 4.32. The van der Waals surface area contributed by atoms with Crippen molar-refractivity contribution < 1.29 is 24.9 Å². The van der Waals surface area contributed by atoms with Gasteiger partial charge in [-0.3, -0.25) is 4.79 Å². The van der Waals surface area contributed by atoms with Gasteiger partial charge >= 0.3 is 0 Å². The standard InChI is InChI=1S/C18H36O5/c19-14-8-3-1-5-11-18(22,12-6-2-4-9-15-20)13-7-10-16-23-17-21/h17,19-20,22H,1-16H2. The Bertz CT molecular complexity index is 244. The van der Waals surface area contributed by atoms with Gasteiger partial charge in [-0.05, 0) is 44.9 Å². The molecule has 5 nitrogen and oxygen atoms in total. The minimum absolute atomic E-state index is 0.242. The highest BCUT2D eigenvalue weighted by molar-refractivity contribution is 5.36. The molecule has 0 rings (SSSR count). The van der Waals surface area contributed by atoms with E-state index in [2.05, 4.69) is 4.74 Å². The van der Waals surface area contributed by atoms with Crippen molar-refractivity contribution in [3.05, 3.63) is 0 Å². The molecule has 0 atom stereocenters. The lowest BCUT2D eigenvalue weighted by atomic mass is 9.85. The molecule has 0 aliphatic rings. The molecule has 23 heavy (non-hydrogen) atoms. The van der Waals surface area contributed by atoms with Gasteiger partial charge in [-0.15, -0.1) is 0 Å². The normalized spacial score (nSPS) is 11.6. The first-order chi connectivity index (χ1) is 11.2. The molecule has 5 heteroatoms. The van der Waals surface area contributed by atoms with Crippen molar-refractivity contribution in [2.75, 3.05) is 19.8 Å². The van der Waals surface area contributed by atoms with Crippen LogP contribution in [0.3, 0.4) is 0 Å². The molecule has 0 aliphatic carbocycles. The SMILES string of the molecule is O=COCCCCC(O)(CCCCCCO)CCCCCCO. The summed E-state index contributed by atoms with van der Waals surface area (Å²) < 4.78 is 4.69. The fourth-order valence-electron chi connectivity index (χ4n) is 2.90. The summed E-state index contributed by atoms with van der Waals surface area (Å²) in [5.41, 5.74) is -0.625. The first-order valence-electron chi connectivity index (χ1n) is 9.18. The van der Waals surface area contributed by atoms with Crippen LogP contribution in [0.4, 0.5) is 0 Å². The zero-order valence-corrected chi connectivity index (χ0v) is 14.5. The van der Waals surface area contributed by atoms with Crippen LogP contribution in [0.2, 0.25) is 0 Å². The number of aliphatic hydroxyl groups excluding tert-OH is 2. The van der Waals surface area contributed by atoms with Crippen molar-refractivity contribution in [3.8, 4) is 0 Å². The molecule has 0 aromatic rings. The second-order valence-corrected chi connectivity index (χ2v) is 6.42. The second kappa shape index (κ2) is 16.2. The van der Waals surface area contributed by atoms with Crippen LogP contribution < -0.4 is 0 Å². The molecule has 0 spiro atoms. The molecule has 138 valence electrons. The lowest BCUT2D eigenvalue weighted by Crippen LogP contribution is -2.28. The Kier molecular flexibility index (Phi) is 15.8. The molecule has 0 heterocycles. The fraction of sp³-hybridized carbons (Fsp3) is 0.944. The minimum Gasteiger partial charge on any atom is -0.468 e. The molecule has 0 bridgehead atoms. The number of rotatable bonds is 18. The lowest BCUT2D eigenvalue weighted by molar-refractivity contribution is -0.128. The van der Waals surface area contributed by atoms with E-state index in [-0.39, 0.29) is 13.2 Å². The summed E-state index contributed by atoms with van der Waals surface area (Å²) >= 11 is 0. The van der Waals surface area contributed by atoms with Gasteiger partial charge in [-0.25, -0.2) is 0 Å². The van der Waals surface area contributed by atoms with Gasteiger partial charge in [0.25, 0.3) is 6.47 Å². The maximum Gasteiger partial charge on any atom is 0.293 e. The quantitative estimate of drug-likeness (QED) is 0.265. The Morgan fingerprint density at radius 1 is 0.696 bits per heavy atom. The van der Waals surface area contributed by atoms with E-state index in [0.29, 0.717) is 13.1 Å². The molecule has 0 unspecified atom stereocenters. The van der Waals surface area contributed by atoms with Crippen LogP contribution in [-0.4, -0.2) is 47.2 Å². The van der Waals surface area contributed by atoms with E-state index in [9.17, 15) is 9.90 Å². The molecule has 0 amide bonds. The highest BCUT2D eigenvalue weighted by Gasteiger charge is 2.25. The molecule has 0 aliphatic heterocycles. The van der Waals surface area contributed by atoms with Gasteiger partial charge in [0.05, 0.1) is 12.2 Å². The van der Waals surface area contributed by atoms with E-state index in [1.54, 1.807) is 0 Å². The first-order valence-corrected chi connectivity index (χ1v) is 9.18. The van der Waals surface area contributed by atoms with Gasteiger partial charge in [-0.1, -0.05) is 38.5 Å². The summed E-state index contributed by atoms with van der Waals surface area (Å²) in [5, 5.41) is 28.5. The summed E-state index contributed by atoms with van der Waals surface area (Å²) in [6, 6.07) is 0. The van der Waals surface area contributed by atoms with Crippen LogP contribution in [0, 0.1) is 0 Å². The van der Waals surface area contributed by atoms with Crippen molar-refractivity contribution in [1.82, 2.24) is 0 Å². The third-order valence-corrected chi connectivity index (χ3v) is 4.32. The Morgan fingerprint density at radius 3 is 1.57 bits per heavy atom. The molecule has 0 radical (unpaired) electrons. The van der Waals surface area contributed by atoms with Gasteiger partial charge in [0.2, 0.25) is 0 Å². The van der Waals surface area contributed by atoms with Crippen molar-refractivity contribution in [2.45, 2.75) is 89.1 Å². The first kappa shape index (κ1) is 22.4. The Balaban J connectivity index is 4.03. The van der Waals surface area contributed by atoms with Gasteiger partial charge < -0.3 is 20.1 Å². The smallest absolute Gasteiger partial charge is 0.293 e. The Hall–Kier alpha value is -0.650. The number of carbonyl (C=O) groups excluding carboxylic acids is 1. The fourth-order valence-corrected chi connectivity index (χ4v) is 2.90. The predicted octanol–water partition coefficient (Wildman–Crippen LogP) is 2.95. The molecule has 0 aromatic carbocycles. The number of carbonyl (C=O) groups is 1. The lowest BCUT2D eigenvalue weighted by Gasteiger charge is -2.28. The largest absolute Gasteiger partial charge is 0.468 e. The second-order valence-electron chi connectivity index (χ2n) is 6.42. The van der Waals surface area contributed by atoms with Gasteiger partial charge in [0.1, 0.15) is 0 Å². The zero-order chi connectivity index (χ0) is 17.2. The zero-order valence-electron chi connectivity index (χ0n) is 14.5. The highest BCUT2D eigenvalue weighted by Crippen LogP contribution is 2.28. The van der Waals surface area contributed by atoms with Crippen LogP contribution in [0.15, 0.2) is 0 Å². The van der Waals surface area contributed by atoms with Crippen molar-refractivity contribution in [1.29, 1.82) is 0 Å². The number of hydrogen-bond donors (Lipinski definition) is 3. The number of hydrogen-bond acceptors (Lipinski definition) is 5. The van der Waals surface area contributed by atoms with Crippen LogP contribution in [-0.2, 0) is 9.53 Å². The molecule has 0 saturated carbocycles. The topological polar surface area (TPSA) is 87.0 Å². The van der Waals surface area contributed by atoms with E-state index < -0.39 is 5.60 Å². The van der Waals surface area contributed by atoms with E-state index in [0.717, 1.165) is 83.5 Å². The summed E-state index contributed by atoms with van der Waals surface area (Å²) in [7, 11) is 0. The summed E-state index contributed by atoms with van der Waals surface area (Å²) in [6.45, 7) is 1.37. The average molecular weight is 332 g/mol. The molecule has 3 N–H and O–H groups in total. The van der Waals surface area contributed by atoms with E-state index in [4.69, 9.17) is 10.2 Å². The number of unbranched alkanes of at least 4 members (excludes halogenated alkanes) is 7. The Morgan fingerprint density at radius 2 is 1.13 bits per heavy atom. The van der Waals surface area contributed by atoms with E-state index >= 15 is 0 Å². The van der Waals surface area contributed by atoms with Crippen molar-refractivity contribution >= 4 is 6.47 Å².